The van der Waals surface area contributed by atoms with Crippen molar-refractivity contribution in [2.45, 2.75) is 6.04 Å². The van der Waals surface area contributed by atoms with Crippen molar-refractivity contribution >= 4 is 5.88 Å². The number of nitrogens with zero attached hydrogens (tertiary/aromatic N) is 1. The summed E-state index contributed by atoms with van der Waals surface area (Å²) in [6.45, 7) is 0. The van der Waals surface area contributed by atoms with Gasteiger partial charge in [-0.2, -0.15) is 0 Å². The summed E-state index contributed by atoms with van der Waals surface area (Å²) >= 11 is 0. The Kier molecular flexibility index (Phi) is 3.26. The van der Waals surface area contributed by atoms with E-state index in [1.165, 1.54) is 0 Å². The molecule has 0 amide bonds. The van der Waals surface area contributed by atoms with Crippen molar-refractivity contribution in [3.63, 3.8) is 0 Å². The fourth-order valence-electron chi connectivity index (χ4n) is 1.60. The van der Waals surface area contributed by atoms with E-state index in [0.29, 0.717) is 12.1 Å². The zero-order valence-corrected chi connectivity index (χ0v) is 9.27. The molecule has 19 heavy (non-hydrogen) atoms. The highest BCUT2D eigenvalue weighted by atomic mass is 19.1. The van der Waals surface area contributed by atoms with Crippen LogP contribution in [0.25, 0.3) is 0 Å². The summed E-state index contributed by atoms with van der Waals surface area (Å²) in [7, 11) is 0. The first-order valence-corrected chi connectivity index (χ1v) is 5.04. The quantitative estimate of drug-likeness (QED) is 0.687. The molecule has 100 valence electrons. The highest BCUT2D eigenvalue weighted by molar-refractivity contribution is 5.31. The molecule has 0 saturated carbocycles. The summed E-state index contributed by atoms with van der Waals surface area (Å²) in [5.74, 6) is -4.27. The van der Waals surface area contributed by atoms with Crippen molar-refractivity contribution in [2.75, 3.05) is 0 Å². The van der Waals surface area contributed by atoms with Gasteiger partial charge in [-0.1, -0.05) is 0 Å². The van der Waals surface area contributed by atoms with Crippen molar-refractivity contribution < 1.29 is 22.5 Å². The maximum absolute atomic E-state index is 13.5. The third-order valence-corrected chi connectivity index (χ3v) is 2.45. The van der Waals surface area contributed by atoms with Crippen LogP contribution in [0.4, 0.5) is 19.1 Å². The molecule has 0 fully saturated rings. The lowest BCUT2D eigenvalue weighted by Gasteiger charge is -2.11. The van der Waals surface area contributed by atoms with Gasteiger partial charge in [0.2, 0.25) is 0 Å². The number of benzene rings is 1. The van der Waals surface area contributed by atoms with Crippen molar-refractivity contribution in [3.8, 4) is 0 Å². The lowest BCUT2D eigenvalue weighted by atomic mass is 10.0. The van der Waals surface area contributed by atoms with Crippen molar-refractivity contribution in [1.29, 1.82) is 0 Å². The molecule has 5 nitrogen and oxygen atoms in total. The van der Waals surface area contributed by atoms with Gasteiger partial charge < -0.3 is 10.2 Å². The molecule has 1 atom stereocenters. The van der Waals surface area contributed by atoms with E-state index in [9.17, 15) is 23.3 Å². The summed E-state index contributed by atoms with van der Waals surface area (Å²) in [4.78, 5) is 9.61. The van der Waals surface area contributed by atoms with Gasteiger partial charge in [-0.15, -0.1) is 0 Å². The molecule has 0 saturated heterocycles. The topological polar surface area (TPSA) is 82.3 Å². The molecule has 0 aliphatic rings. The molecule has 0 radical (unpaired) electrons. The van der Waals surface area contributed by atoms with Gasteiger partial charge in [-0.25, -0.2) is 13.2 Å². The molecule has 2 N–H and O–H groups in total. The predicted octanol–water partition coefficient (Wildman–Crippen LogP) is 2.65. The van der Waals surface area contributed by atoms with Crippen LogP contribution in [0.5, 0.6) is 0 Å². The fraction of sp³-hybridized carbons (Fsp3) is 0.0909. The van der Waals surface area contributed by atoms with Crippen molar-refractivity contribution in [2.24, 2.45) is 5.73 Å². The Labute approximate surface area is 104 Å². The maximum atomic E-state index is 13.5. The van der Waals surface area contributed by atoms with Crippen LogP contribution in [-0.4, -0.2) is 4.92 Å². The summed E-state index contributed by atoms with van der Waals surface area (Å²) in [6.07, 6.45) is 0. The Balaban J connectivity index is 2.43. The number of rotatable bonds is 3. The minimum Gasteiger partial charge on any atom is -0.404 e. The molecule has 0 spiro atoms. The van der Waals surface area contributed by atoms with Gasteiger partial charge in [0.15, 0.2) is 0 Å². The Morgan fingerprint density at radius 3 is 2.26 bits per heavy atom. The normalized spacial score (nSPS) is 12.4. The molecule has 2 rings (SSSR count). The summed E-state index contributed by atoms with van der Waals surface area (Å²) in [5.41, 5.74) is 4.94. The lowest BCUT2D eigenvalue weighted by molar-refractivity contribution is -0.402. The van der Waals surface area contributed by atoms with Gasteiger partial charge in [0, 0.05) is 17.7 Å². The second kappa shape index (κ2) is 4.73. The highest BCUT2D eigenvalue weighted by Gasteiger charge is 2.24. The van der Waals surface area contributed by atoms with Crippen LogP contribution >= 0.6 is 0 Å². The molecule has 1 heterocycles. The fourth-order valence-corrected chi connectivity index (χ4v) is 1.60. The molecule has 8 heteroatoms. The van der Waals surface area contributed by atoms with Crippen LogP contribution in [-0.2, 0) is 0 Å². The first kappa shape index (κ1) is 13.1. The van der Waals surface area contributed by atoms with Gasteiger partial charge in [0.1, 0.15) is 28.1 Å². The first-order valence-electron chi connectivity index (χ1n) is 5.04. The van der Waals surface area contributed by atoms with E-state index < -0.39 is 39.9 Å². The van der Waals surface area contributed by atoms with Gasteiger partial charge >= 0.3 is 5.88 Å². The van der Waals surface area contributed by atoms with Crippen LogP contribution in [0, 0.1) is 27.6 Å². The molecule has 1 unspecified atom stereocenters. The van der Waals surface area contributed by atoms with Gasteiger partial charge in [-0.05, 0) is 6.07 Å². The van der Waals surface area contributed by atoms with Crippen LogP contribution in [0.2, 0.25) is 0 Å². The van der Waals surface area contributed by atoms with Crippen LogP contribution < -0.4 is 5.73 Å². The van der Waals surface area contributed by atoms with E-state index in [1.807, 2.05) is 0 Å². The van der Waals surface area contributed by atoms with E-state index in [-0.39, 0.29) is 5.76 Å². The SMILES string of the molecule is NC(c1ccc([N+](=O)[O-])o1)c1c(F)cc(F)cc1F. The Bertz CT molecular complexity index is 619. The average molecular weight is 272 g/mol. The molecule has 0 aliphatic carbocycles. The Morgan fingerprint density at radius 2 is 1.79 bits per heavy atom. The van der Waals surface area contributed by atoms with Gasteiger partial charge in [0.05, 0.1) is 12.1 Å². The number of halogens is 3. The molecule has 1 aromatic heterocycles. The van der Waals surface area contributed by atoms with E-state index in [1.54, 1.807) is 0 Å². The first-order chi connectivity index (χ1) is 8.90. The zero-order chi connectivity index (χ0) is 14.2. The number of nitro groups is 1. The lowest BCUT2D eigenvalue weighted by Crippen LogP contribution is -2.15. The Morgan fingerprint density at radius 1 is 1.21 bits per heavy atom. The standard InChI is InChI=1S/C11H7F3N2O3/c12-5-3-6(13)10(7(14)4-5)11(15)8-1-2-9(19-8)16(17)18/h1-4,11H,15H2. The maximum Gasteiger partial charge on any atom is 0.433 e. The molecular formula is C11H7F3N2O3. The summed E-state index contributed by atoms with van der Waals surface area (Å²) in [6, 6.07) is 1.67. The number of hydrogen-bond donors (Lipinski definition) is 1. The van der Waals surface area contributed by atoms with Crippen LogP contribution in [0.15, 0.2) is 28.7 Å². The molecular weight excluding hydrogens is 265 g/mol. The van der Waals surface area contributed by atoms with Gasteiger partial charge in [0.25, 0.3) is 0 Å². The van der Waals surface area contributed by atoms with E-state index >= 15 is 0 Å². The number of furan rings is 1. The van der Waals surface area contributed by atoms with Crippen molar-refractivity contribution in [1.82, 2.24) is 0 Å². The minimum atomic E-state index is -1.41. The largest absolute Gasteiger partial charge is 0.433 e. The molecule has 1 aromatic carbocycles. The van der Waals surface area contributed by atoms with E-state index in [4.69, 9.17) is 10.2 Å². The molecule has 0 bridgehead atoms. The monoisotopic (exact) mass is 272 g/mol. The average Bonchev–Trinajstić information content (AvgIpc) is 2.76. The smallest absolute Gasteiger partial charge is 0.404 e. The van der Waals surface area contributed by atoms with Crippen LogP contribution in [0.1, 0.15) is 17.4 Å². The number of nitrogens with two attached hydrogens (primary N) is 1. The van der Waals surface area contributed by atoms with E-state index in [2.05, 4.69) is 0 Å². The van der Waals surface area contributed by atoms with Crippen molar-refractivity contribution in [3.05, 3.63) is 63.2 Å². The highest BCUT2D eigenvalue weighted by Crippen LogP contribution is 2.28. The third kappa shape index (κ3) is 2.43. The second-order valence-corrected chi connectivity index (χ2v) is 3.69. The number of hydrogen-bond acceptors (Lipinski definition) is 4. The molecule has 2 aromatic rings. The third-order valence-electron chi connectivity index (χ3n) is 2.45. The zero-order valence-electron chi connectivity index (χ0n) is 9.27. The molecule has 0 aliphatic heterocycles. The second-order valence-electron chi connectivity index (χ2n) is 3.69. The van der Waals surface area contributed by atoms with Gasteiger partial charge in [-0.3, -0.25) is 10.1 Å². The summed E-state index contributed by atoms with van der Waals surface area (Å²) < 4.78 is 44.5. The predicted molar refractivity (Wildman–Crippen MR) is 57.7 cm³/mol. The van der Waals surface area contributed by atoms with Crippen LogP contribution in [0.3, 0.4) is 0 Å². The van der Waals surface area contributed by atoms with E-state index in [0.717, 1.165) is 12.1 Å². The summed E-state index contributed by atoms with van der Waals surface area (Å²) in [5, 5.41) is 10.4. The Hall–Kier alpha value is -2.35. The minimum absolute atomic E-state index is 0.198.